The zero-order valence-electron chi connectivity index (χ0n) is 9.28. The number of carbonyl (C=O) groups is 2. The highest BCUT2D eigenvalue weighted by molar-refractivity contribution is 9.10. The van der Waals surface area contributed by atoms with E-state index in [0.29, 0.717) is 11.3 Å². The highest BCUT2D eigenvalue weighted by Gasteiger charge is 2.17. The Kier molecular flexibility index (Phi) is 4.06. The van der Waals surface area contributed by atoms with Gasteiger partial charge in [0.05, 0.1) is 18.4 Å². The van der Waals surface area contributed by atoms with E-state index in [0.717, 1.165) is 4.47 Å². The van der Waals surface area contributed by atoms with Gasteiger partial charge in [-0.3, -0.25) is 4.79 Å². The predicted molar refractivity (Wildman–Crippen MR) is 64.6 cm³/mol. The molecule has 0 saturated heterocycles. The Bertz CT molecular complexity index is 431. The number of esters is 1. The van der Waals surface area contributed by atoms with E-state index in [9.17, 15) is 9.59 Å². The number of hydrogen-bond donors (Lipinski definition) is 0. The molecule has 0 atom stereocenters. The molecule has 0 saturated carbocycles. The summed E-state index contributed by atoms with van der Waals surface area (Å²) in [6.45, 7) is 1.43. The van der Waals surface area contributed by atoms with Crippen molar-refractivity contribution in [2.24, 2.45) is 0 Å². The van der Waals surface area contributed by atoms with Gasteiger partial charge in [0.25, 0.3) is 0 Å². The topological polar surface area (TPSA) is 46.6 Å². The van der Waals surface area contributed by atoms with Gasteiger partial charge in [-0.25, -0.2) is 4.79 Å². The van der Waals surface area contributed by atoms with Crippen molar-refractivity contribution in [2.75, 3.05) is 19.1 Å². The molecule has 0 unspecified atom stereocenters. The molecule has 0 aliphatic heterocycles. The van der Waals surface area contributed by atoms with Crippen LogP contribution in [0, 0.1) is 0 Å². The molecule has 16 heavy (non-hydrogen) atoms. The van der Waals surface area contributed by atoms with E-state index in [-0.39, 0.29) is 5.91 Å². The highest BCUT2D eigenvalue weighted by Crippen LogP contribution is 2.24. The van der Waals surface area contributed by atoms with Crippen LogP contribution in [0.1, 0.15) is 17.3 Å². The second-order valence-corrected chi connectivity index (χ2v) is 4.15. The quantitative estimate of drug-likeness (QED) is 0.783. The zero-order chi connectivity index (χ0) is 12.3. The maximum Gasteiger partial charge on any atom is 0.340 e. The van der Waals surface area contributed by atoms with Crippen LogP contribution in [0.2, 0.25) is 0 Å². The van der Waals surface area contributed by atoms with E-state index in [1.807, 2.05) is 0 Å². The highest BCUT2D eigenvalue weighted by atomic mass is 79.9. The second-order valence-electron chi connectivity index (χ2n) is 3.23. The average Bonchev–Trinajstić information content (AvgIpc) is 2.26. The van der Waals surface area contributed by atoms with E-state index >= 15 is 0 Å². The number of benzene rings is 1. The standard InChI is InChI=1S/C11H12BrNO3/c1-7(14)13(2)10-5-4-8(12)6-9(10)11(15)16-3/h4-6H,1-3H3. The molecule has 4 nitrogen and oxygen atoms in total. The summed E-state index contributed by atoms with van der Waals surface area (Å²) in [5.41, 5.74) is 0.886. The monoisotopic (exact) mass is 285 g/mol. The Hall–Kier alpha value is -1.36. The number of rotatable bonds is 2. The van der Waals surface area contributed by atoms with Crippen LogP contribution >= 0.6 is 15.9 Å². The summed E-state index contributed by atoms with van der Waals surface area (Å²) >= 11 is 3.27. The third-order valence-corrected chi connectivity index (χ3v) is 2.69. The molecule has 0 bridgehead atoms. The van der Waals surface area contributed by atoms with Gasteiger partial charge >= 0.3 is 5.97 Å². The first-order valence-corrected chi connectivity index (χ1v) is 5.39. The summed E-state index contributed by atoms with van der Waals surface area (Å²) in [6.07, 6.45) is 0. The number of hydrogen-bond acceptors (Lipinski definition) is 3. The van der Waals surface area contributed by atoms with E-state index < -0.39 is 5.97 Å². The molecular weight excluding hydrogens is 274 g/mol. The van der Waals surface area contributed by atoms with E-state index in [2.05, 4.69) is 20.7 Å². The Morgan fingerprint density at radius 1 is 1.38 bits per heavy atom. The molecule has 86 valence electrons. The zero-order valence-corrected chi connectivity index (χ0v) is 10.9. The van der Waals surface area contributed by atoms with Crippen molar-refractivity contribution in [1.29, 1.82) is 0 Å². The van der Waals surface area contributed by atoms with Crippen LogP contribution in [0.4, 0.5) is 5.69 Å². The smallest absolute Gasteiger partial charge is 0.340 e. The SMILES string of the molecule is COC(=O)c1cc(Br)ccc1N(C)C(C)=O. The fraction of sp³-hybridized carbons (Fsp3) is 0.273. The summed E-state index contributed by atoms with van der Waals surface area (Å²) in [5.74, 6) is -0.614. The summed E-state index contributed by atoms with van der Waals surface area (Å²) in [7, 11) is 2.92. The number of methoxy groups -OCH3 is 1. The average molecular weight is 286 g/mol. The molecular formula is C11H12BrNO3. The lowest BCUT2D eigenvalue weighted by atomic mass is 10.1. The molecule has 0 N–H and O–H groups in total. The van der Waals surface area contributed by atoms with Crippen molar-refractivity contribution < 1.29 is 14.3 Å². The van der Waals surface area contributed by atoms with Crippen LogP contribution in [-0.2, 0) is 9.53 Å². The van der Waals surface area contributed by atoms with Crippen molar-refractivity contribution in [3.8, 4) is 0 Å². The minimum Gasteiger partial charge on any atom is -0.465 e. The Labute approximate surface area is 102 Å². The molecule has 1 rings (SSSR count). The summed E-state index contributed by atoms with van der Waals surface area (Å²) in [4.78, 5) is 24.2. The van der Waals surface area contributed by atoms with Crippen LogP contribution in [0.5, 0.6) is 0 Å². The minimum atomic E-state index is -0.468. The van der Waals surface area contributed by atoms with Crippen LogP contribution in [0.25, 0.3) is 0 Å². The van der Waals surface area contributed by atoms with E-state index in [4.69, 9.17) is 0 Å². The molecule has 1 aromatic carbocycles. The summed E-state index contributed by atoms with van der Waals surface area (Å²) < 4.78 is 5.42. The third kappa shape index (κ3) is 2.61. The summed E-state index contributed by atoms with van der Waals surface area (Å²) in [6, 6.07) is 5.08. The van der Waals surface area contributed by atoms with Crippen molar-refractivity contribution in [1.82, 2.24) is 0 Å². The molecule has 1 amide bonds. The molecule has 0 aromatic heterocycles. The molecule has 0 fully saturated rings. The number of amides is 1. The van der Waals surface area contributed by atoms with Gasteiger partial charge in [0.2, 0.25) is 5.91 Å². The van der Waals surface area contributed by atoms with Crippen molar-refractivity contribution in [2.45, 2.75) is 6.92 Å². The lowest BCUT2D eigenvalue weighted by Gasteiger charge is -2.18. The lowest BCUT2D eigenvalue weighted by Crippen LogP contribution is -2.25. The maximum absolute atomic E-state index is 11.5. The van der Waals surface area contributed by atoms with Crippen molar-refractivity contribution >= 4 is 33.5 Å². The molecule has 0 aliphatic carbocycles. The van der Waals surface area contributed by atoms with Gasteiger partial charge in [-0.15, -0.1) is 0 Å². The molecule has 0 spiro atoms. The third-order valence-electron chi connectivity index (χ3n) is 2.20. The largest absolute Gasteiger partial charge is 0.465 e. The molecule has 1 aromatic rings. The fourth-order valence-corrected chi connectivity index (χ4v) is 1.60. The number of carbonyl (C=O) groups excluding carboxylic acids is 2. The Morgan fingerprint density at radius 2 is 2.00 bits per heavy atom. The van der Waals surface area contributed by atoms with E-state index in [1.54, 1.807) is 25.2 Å². The molecule has 0 radical (unpaired) electrons. The van der Waals surface area contributed by atoms with Crippen LogP contribution in [-0.4, -0.2) is 26.0 Å². The normalized spacial score (nSPS) is 9.75. The van der Waals surface area contributed by atoms with Crippen molar-refractivity contribution in [3.63, 3.8) is 0 Å². The number of halogens is 1. The number of nitrogens with zero attached hydrogens (tertiary/aromatic N) is 1. The van der Waals surface area contributed by atoms with Gasteiger partial charge < -0.3 is 9.64 Å². The van der Waals surface area contributed by atoms with Crippen LogP contribution < -0.4 is 4.90 Å². The van der Waals surface area contributed by atoms with E-state index in [1.165, 1.54) is 18.9 Å². The van der Waals surface area contributed by atoms with Crippen LogP contribution in [0.3, 0.4) is 0 Å². The fourth-order valence-electron chi connectivity index (χ4n) is 1.24. The molecule has 0 heterocycles. The molecule has 0 aliphatic rings. The first-order chi connectivity index (χ1) is 7.47. The Morgan fingerprint density at radius 3 is 2.50 bits per heavy atom. The second kappa shape index (κ2) is 5.12. The van der Waals surface area contributed by atoms with Crippen molar-refractivity contribution in [3.05, 3.63) is 28.2 Å². The first-order valence-electron chi connectivity index (χ1n) is 4.59. The Balaban J connectivity index is 3.27. The van der Waals surface area contributed by atoms with Gasteiger partial charge in [0, 0.05) is 18.4 Å². The summed E-state index contributed by atoms with van der Waals surface area (Å²) in [5, 5.41) is 0. The van der Waals surface area contributed by atoms with Gasteiger partial charge in [-0.05, 0) is 18.2 Å². The van der Waals surface area contributed by atoms with Gasteiger partial charge in [-0.1, -0.05) is 15.9 Å². The number of anilines is 1. The molecule has 5 heteroatoms. The van der Waals surface area contributed by atoms with Gasteiger partial charge in [-0.2, -0.15) is 0 Å². The lowest BCUT2D eigenvalue weighted by molar-refractivity contribution is -0.116. The predicted octanol–water partition coefficient (Wildman–Crippen LogP) is 2.22. The minimum absolute atomic E-state index is 0.146. The maximum atomic E-state index is 11.5. The number of ether oxygens (including phenoxy) is 1. The first kappa shape index (κ1) is 12.7. The van der Waals surface area contributed by atoms with Gasteiger partial charge in [0.15, 0.2) is 0 Å². The van der Waals surface area contributed by atoms with Gasteiger partial charge in [0.1, 0.15) is 0 Å². The van der Waals surface area contributed by atoms with Crippen LogP contribution in [0.15, 0.2) is 22.7 Å².